The lowest BCUT2D eigenvalue weighted by Crippen LogP contribution is -2.10. The Balaban J connectivity index is 1.76. The largest absolute Gasteiger partial charge is 0.495 e. The van der Waals surface area contributed by atoms with E-state index in [1.165, 1.54) is 17.7 Å². The molecule has 2 aromatic carbocycles. The van der Waals surface area contributed by atoms with Crippen LogP contribution in [0.3, 0.4) is 0 Å². The van der Waals surface area contributed by atoms with Crippen molar-refractivity contribution in [2.75, 3.05) is 12.8 Å². The number of aromatic nitrogens is 3. The van der Waals surface area contributed by atoms with E-state index in [4.69, 9.17) is 38.4 Å². The number of imidazole rings is 1. The summed E-state index contributed by atoms with van der Waals surface area (Å²) < 4.78 is 12.2. The number of nitrogens with zero attached hydrogens (tertiary/aromatic N) is 3. The van der Waals surface area contributed by atoms with Crippen molar-refractivity contribution in [3.63, 3.8) is 0 Å². The van der Waals surface area contributed by atoms with Gasteiger partial charge in [-0.2, -0.15) is 0 Å². The van der Waals surface area contributed by atoms with Crippen LogP contribution >= 0.6 is 23.2 Å². The van der Waals surface area contributed by atoms with Crippen LogP contribution in [0.5, 0.6) is 5.75 Å². The Labute approximate surface area is 200 Å². The molecule has 0 unspecified atom stereocenters. The molecule has 0 spiro atoms. The van der Waals surface area contributed by atoms with E-state index in [9.17, 15) is 4.79 Å². The first-order valence-electron chi connectivity index (χ1n) is 9.79. The first-order valence-corrected chi connectivity index (χ1v) is 10.5. The Hall–Kier alpha value is -3.73. The molecule has 33 heavy (non-hydrogen) atoms. The van der Waals surface area contributed by atoms with Crippen LogP contribution in [-0.4, -0.2) is 27.4 Å². The van der Waals surface area contributed by atoms with Crippen molar-refractivity contribution in [2.45, 2.75) is 13.5 Å². The molecule has 9 heteroatoms. The van der Waals surface area contributed by atoms with Crippen molar-refractivity contribution in [3.05, 3.63) is 87.0 Å². The fraction of sp³-hybridized carbons (Fsp3) is 0.125. The molecule has 4 aromatic rings. The minimum atomic E-state index is -0.624. The quantitative estimate of drug-likeness (QED) is 0.336. The zero-order chi connectivity index (χ0) is 23.5. The van der Waals surface area contributed by atoms with Gasteiger partial charge in [-0.15, -0.1) is 0 Å². The molecule has 0 aliphatic heterocycles. The van der Waals surface area contributed by atoms with E-state index in [2.05, 4.69) is 21.8 Å². The van der Waals surface area contributed by atoms with Crippen molar-refractivity contribution in [3.8, 4) is 17.6 Å². The predicted octanol–water partition coefficient (Wildman–Crippen LogP) is 4.69. The van der Waals surface area contributed by atoms with Crippen molar-refractivity contribution < 1.29 is 14.3 Å². The first kappa shape index (κ1) is 22.5. The van der Waals surface area contributed by atoms with Gasteiger partial charge in [-0.25, -0.2) is 14.8 Å². The molecule has 0 radical (unpaired) electrons. The second-order valence-electron chi connectivity index (χ2n) is 7.03. The second-order valence-corrected chi connectivity index (χ2v) is 7.78. The number of benzene rings is 2. The summed E-state index contributed by atoms with van der Waals surface area (Å²) in [5.74, 6) is 5.87. The number of hydrogen-bond donors (Lipinski definition) is 1. The van der Waals surface area contributed by atoms with Crippen LogP contribution in [0.4, 0.5) is 5.82 Å². The molecule has 0 fully saturated rings. The zero-order valence-corrected chi connectivity index (χ0v) is 19.2. The zero-order valence-electron chi connectivity index (χ0n) is 17.7. The minimum absolute atomic E-state index is 0.0262. The van der Waals surface area contributed by atoms with Crippen LogP contribution in [0.15, 0.2) is 48.8 Å². The second kappa shape index (κ2) is 9.41. The lowest BCUT2D eigenvalue weighted by atomic mass is 10.1. The smallest absolute Gasteiger partial charge is 0.375 e. The van der Waals surface area contributed by atoms with Crippen molar-refractivity contribution in [2.24, 2.45) is 0 Å². The van der Waals surface area contributed by atoms with Crippen LogP contribution < -0.4 is 10.5 Å². The Morgan fingerprint density at radius 3 is 2.67 bits per heavy atom. The number of ether oxygens (including phenoxy) is 2. The summed E-state index contributed by atoms with van der Waals surface area (Å²) in [7, 11) is 1.51. The van der Waals surface area contributed by atoms with E-state index < -0.39 is 5.97 Å². The first-order chi connectivity index (χ1) is 15.9. The topological polar surface area (TPSA) is 91.7 Å². The van der Waals surface area contributed by atoms with Crippen LogP contribution in [-0.2, 0) is 11.3 Å². The van der Waals surface area contributed by atoms with Crippen LogP contribution in [0.1, 0.15) is 33.0 Å². The van der Waals surface area contributed by atoms with E-state index in [0.717, 1.165) is 11.1 Å². The summed E-state index contributed by atoms with van der Waals surface area (Å²) >= 11 is 12.8. The molecule has 4 rings (SSSR count). The van der Waals surface area contributed by atoms with Gasteiger partial charge in [0.05, 0.1) is 22.7 Å². The Morgan fingerprint density at radius 2 is 1.94 bits per heavy atom. The number of halogens is 2. The number of methoxy groups -OCH3 is 1. The highest BCUT2D eigenvalue weighted by Crippen LogP contribution is 2.35. The SMILES string of the molecule is COc1cc(C)c(Cl)c(C#Cc2nc(C(=O)OCc3ccccc3)n3ccnc(N)c23)c1Cl. The number of nitrogens with two attached hydrogens (primary N) is 1. The average molecular weight is 481 g/mol. The third kappa shape index (κ3) is 4.44. The summed E-state index contributed by atoms with van der Waals surface area (Å²) in [5, 5.41) is 0.670. The van der Waals surface area contributed by atoms with Gasteiger partial charge in [0, 0.05) is 12.4 Å². The van der Waals surface area contributed by atoms with Crippen LogP contribution in [0.2, 0.25) is 10.0 Å². The summed E-state index contributed by atoms with van der Waals surface area (Å²) in [6.45, 7) is 1.92. The highest BCUT2D eigenvalue weighted by atomic mass is 35.5. The van der Waals surface area contributed by atoms with Gasteiger partial charge in [-0.05, 0) is 30.0 Å². The molecule has 0 amide bonds. The van der Waals surface area contributed by atoms with E-state index in [-0.39, 0.29) is 29.0 Å². The third-order valence-corrected chi connectivity index (χ3v) is 5.72. The van der Waals surface area contributed by atoms with Crippen molar-refractivity contribution in [1.82, 2.24) is 14.4 Å². The van der Waals surface area contributed by atoms with Gasteiger partial charge >= 0.3 is 5.97 Å². The molecule has 2 heterocycles. The molecule has 7 nitrogen and oxygen atoms in total. The van der Waals surface area contributed by atoms with Crippen molar-refractivity contribution in [1.29, 1.82) is 0 Å². The van der Waals surface area contributed by atoms with Gasteiger partial charge in [0.15, 0.2) is 5.82 Å². The minimum Gasteiger partial charge on any atom is -0.495 e. The van der Waals surface area contributed by atoms with E-state index in [0.29, 0.717) is 21.9 Å². The number of carbonyl (C=O) groups excluding carboxylic acids is 1. The highest BCUT2D eigenvalue weighted by Gasteiger charge is 2.20. The summed E-state index contributed by atoms with van der Waals surface area (Å²) in [6.07, 6.45) is 3.03. The average Bonchev–Trinajstić information content (AvgIpc) is 3.20. The molecule has 0 bridgehead atoms. The number of fused-ring (bicyclic) bond motifs is 1. The number of aryl methyl sites for hydroxylation is 1. The number of anilines is 1. The van der Waals surface area contributed by atoms with Gasteiger partial charge in [0.2, 0.25) is 5.82 Å². The predicted molar refractivity (Wildman–Crippen MR) is 127 cm³/mol. The van der Waals surface area contributed by atoms with Gasteiger partial charge in [0.25, 0.3) is 0 Å². The number of hydrogen-bond acceptors (Lipinski definition) is 6. The third-order valence-electron chi connectivity index (χ3n) is 4.85. The highest BCUT2D eigenvalue weighted by molar-refractivity contribution is 6.38. The number of carbonyl (C=O) groups is 1. The number of nitrogen functional groups attached to an aromatic ring is 1. The molecular formula is C24H18Cl2N4O3. The molecule has 0 saturated carbocycles. The summed E-state index contributed by atoms with van der Waals surface area (Å²) in [6, 6.07) is 11.1. The molecular weight excluding hydrogens is 463 g/mol. The van der Waals surface area contributed by atoms with Gasteiger partial charge in [-0.3, -0.25) is 4.40 Å². The molecule has 0 aliphatic rings. The Bertz CT molecular complexity index is 1420. The van der Waals surface area contributed by atoms with Crippen molar-refractivity contribution >= 4 is 40.5 Å². The molecule has 2 N–H and O–H groups in total. The fourth-order valence-corrected chi connectivity index (χ4v) is 3.72. The van der Waals surface area contributed by atoms with Gasteiger partial charge in [0.1, 0.15) is 23.6 Å². The lowest BCUT2D eigenvalue weighted by Gasteiger charge is -2.09. The van der Waals surface area contributed by atoms with Gasteiger partial charge < -0.3 is 15.2 Å². The van der Waals surface area contributed by atoms with E-state index in [1.807, 2.05) is 37.3 Å². The fourth-order valence-electron chi connectivity index (χ4n) is 3.20. The normalized spacial score (nSPS) is 10.5. The van der Waals surface area contributed by atoms with Gasteiger partial charge in [-0.1, -0.05) is 59.5 Å². The molecule has 2 aromatic heterocycles. The molecule has 0 saturated heterocycles. The summed E-state index contributed by atoms with van der Waals surface area (Å²) in [4.78, 5) is 21.3. The Kier molecular flexibility index (Phi) is 6.40. The van der Waals surface area contributed by atoms with E-state index >= 15 is 0 Å². The molecule has 0 aliphatic carbocycles. The maximum Gasteiger partial charge on any atom is 0.375 e. The molecule has 0 atom stereocenters. The number of esters is 1. The summed E-state index contributed by atoms with van der Waals surface area (Å²) in [5.41, 5.74) is 8.67. The maximum absolute atomic E-state index is 12.8. The van der Waals surface area contributed by atoms with Crippen LogP contribution in [0, 0.1) is 18.8 Å². The Morgan fingerprint density at radius 1 is 1.18 bits per heavy atom. The monoisotopic (exact) mass is 480 g/mol. The number of rotatable bonds is 4. The standard InChI is InChI=1S/C24H18Cl2N4O3/c1-14-12-18(32-2)20(26)16(19(14)25)8-9-17-21-22(27)28-10-11-30(21)23(29-17)24(31)33-13-15-6-4-3-5-7-15/h3-7,10-12H,13H2,1-2H3,(H2,27,28). The maximum atomic E-state index is 12.8. The lowest BCUT2D eigenvalue weighted by molar-refractivity contribution is 0.0457. The molecule has 166 valence electrons. The van der Waals surface area contributed by atoms with Crippen LogP contribution in [0.25, 0.3) is 5.52 Å². The van der Waals surface area contributed by atoms with E-state index in [1.54, 1.807) is 12.3 Å².